The van der Waals surface area contributed by atoms with E-state index in [1.54, 1.807) is 6.20 Å². The largest absolute Gasteiger partial charge is 0.263 e. The van der Waals surface area contributed by atoms with Gasteiger partial charge >= 0.3 is 0 Å². The number of pyridine rings is 1. The highest BCUT2D eigenvalue weighted by atomic mass is 15.2. The second-order valence-corrected chi connectivity index (χ2v) is 3.87. The van der Waals surface area contributed by atoms with E-state index in [-0.39, 0.29) is 0 Å². The molecule has 3 aromatic rings. The van der Waals surface area contributed by atoms with Crippen LogP contribution in [0.4, 0.5) is 0 Å². The van der Waals surface area contributed by atoms with Crippen LogP contribution in [0.25, 0.3) is 22.3 Å². The Morgan fingerprint density at radius 2 is 2.18 bits per heavy atom. The van der Waals surface area contributed by atoms with Crippen LogP contribution in [0.3, 0.4) is 0 Å². The molecule has 84 valence electrons. The van der Waals surface area contributed by atoms with Crippen LogP contribution in [-0.4, -0.2) is 20.2 Å². The molecule has 0 bridgehead atoms. The van der Waals surface area contributed by atoms with E-state index >= 15 is 0 Å². The summed E-state index contributed by atoms with van der Waals surface area (Å²) in [6.07, 6.45) is 2.66. The Kier molecular flexibility index (Phi) is 2.33. The number of aryl methyl sites for hydroxylation is 1. The van der Waals surface area contributed by atoms with E-state index in [0.717, 1.165) is 34.5 Å². The van der Waals surface area contributed by atoms with Gasteiger partial charge in [0, 0.05) is 23.6 Å². The molecule has 0 unspecified atom stereocenters. The van der Waals surface area contributed by atoms with E-state index < -0.39 is 0 Å². The molecule has 0 radical (unpaired) electrons. The molecule has 0 atom stereocenters. The standard InChI is InChI=1S/C13H12N4/c1-2-12-15-13(17-16-12)10-5-6-11-9(8-10)4-3-7-14-11/h3-8H,2H2,1H3,(H,15,16,17). The predicted octanol–water partition coefficient (Wildman–Crippen LogP) is 2.58. The van der Waals surface area contributed by atoms with E-state index in [4.69, 9.17) is 0 Å². The van der Waals surface area contributed by atoms with Crippen molar-refractivity contribution in [2.45, 2.75) is 13.3 Å². The minimum atomic E-state index is 0.743. The van der Waals surface area contributed by atoms with E-state index in [1.807, 2.05) is 24.3 Å². The van der Waals surface area contributed by atoms with Crippen molar-refractivity contribution in [3.8, 4) is 11.4 Å². The first-order valence-electron chi connectivity index (χ1n) is 5.63. The van der Waals surface area contributed by atoms with E-state index in [9.17, 15) is 0 Å². The van der Waals surface area contributed by atoms with Crippen LogP contribution in [0.5, 0.6) is 0 Å². The molecule has 0 saturated heterocycles. The van der Waals surface area contributed by atoms with Crippen LogP contribution >= 0.6 is 0 Å². The SMILES string of the molecule is CCc1nc(-c2ccc3ncccc3c2)n[nH]1. The lowest BCUT2D eigenvalue weighted by molar-refractivity contribution is 0.946. The summed E-state index contributed by atoms with van der Waals surface area (Å²) in [6, 6.07) is 10.0. The third kappa shape index (κ3) is 1.78. The molecular formula is C13H12N4. The summed E-state index contributed by atoms with van der Waals surface area (Å²) in [5, 5.41) is 8.24. The van der Waals surface area contributed by atoms with Gasteiger partial charge in [0.25, 0.3) is 0 Å². The summed E-state index contributed by atoms with van der Waals surface area (Å²) < 4.78 is 0. The van der Waals surface area contributed by atoms with Crippen molar-refractivity contribution in [3.05, 3.63) is 42.4 Å². The molecule has 1 aromatic carbocycles. The molecule has 2 aromatic heterocycles. The van der Waals surface area contributed by atoms with Crippen molar-refractivity contribution in [2.24, 2.45) is 0 Å². The Morgan fingerprint density at radius 1 is 1.24 bits per heavy atom. The van der Waals surface area contributed by atoms with Gasteiger partial charge in [0.05, 0.1) is 5.52 Å². The van der Waals surface area contributed by atoms with Gasteiger partial charge in [0.1, 0.15) is 5.82 Å². The topological polar surface area (TPSA) is 54.5 Å². The fourth-order valence-electron chi connectivity index (χ4n) is 1.80. The predicted molar refractivity (Wildman–Crippen MR) is 66.5 cm³/mol. The summed E-state index contributed by atoms with van der Waals surface area (Å²) in [7, 11) is 0. The molecule has 2 heterocycles. The lowest BCUT2D eigenvalue weighted by Crippen LogP contribution is -1.84. The maximum absolute atomic E-state index is 4.42. The molecule has 0 fully saturated rings. The van der Waals surface area contributed by atoms with Gasteiger partial charge in [-0.2, -0.15) is 5.10 Å². The summed E-state index contributed by atoms with van der Waals surface area (Å²) in [4.78, 5) is 8.71. The van der Waals surface area contributed by atoms with Crippen molar-refractivity contribution >= 4 is 10.9 Å². The fraction of sp³-hybridized carbons (Fsp3) is 0.154. The smallest absolute Gasteiger partial charge is 0.181 e. The normalized spacial score (nSPS) is 10.9. The van der Waals surface area contributed by atoms with Crippen LogP contribution in [-0.2, 0) is 6.42 Å². The third-order valence-corrected chi connectivity index (χ3v) is 2.73. The van der Waals surface area contributed by atoms with E-state index in [1.165, 1.54) is 0 Å². The second kappa shape index (κ2) is 3.97. The molecular weight excluding hydrogens is 212 g/mol. The molecule has 0 amide bonds. The quantitative estimate of drug-likeness (QED) is 0.727. The van der Waals surface area contributed by atoms with Crippen molar-refractivity contribution in [1.82, 2.24) is 20.2 Å². The zero-order chi connectivity index (χ0) is 11.7. The van der Waals surface area contributed by atoms with Gasteiger partial charge in [-0.1, -0.05) is 13.0 Å². The molecule has 0 aliphatic carbocycles. The van der Waals surface area contributed by atoms with Gasteiger partial charge < -0.3 is 0 Å². The Hall–Kier alpha value is -2.23. The first-order valence-corrected chi connectivity index (χ1v) is 5.63. The molecule has 4 nitrogen and oxygen atoms in total. The number of H-pyrrole nitrogens is 1. The van der Waals surface area contributed by atoms with Crippen molar-refractivity contribution in [3.63, 3.8) is 0 Å². The van der Waals surface area contributed by atoms with Crippen molar-refractivity contribution < 1.29 is 0 Å². The molecule has 1 N–H and O–H groups in total. The number of benzene rings is 1. The highest BCUT2D eigenvalue weighted by molar-refractivity contribution is 5.82. The molecule has 3 rings (SSSR count). The monoisotopic (exact) mass is 224 g/mol. The zero-order valence-corrected chi connectivity index (χ0v) is 9.51. The Balaban J connectivity index is 2.11. The second-order valence-electron chi connectivity index (χ2n) is 3.87. The van der Waals surface area contributed by atoms with Crippen LogP contribution in [0, 0.1) is 0 Å². The minimum absolute atomic E-state index is 0.743. The number of hydrogen-bond acceptors (Lipinski definition) is 3. The van der Waals surface area contributed by atoms with Gasteiger partial charge in [0.2, 0.25) is 0 Å². The number of nitrogens with zero attached hydrogens (tertiary/aromatic N) is 3. The van der Waals surface area contributed by atoms with Crippen LogP contribution < -0.4 is 0 Å². The molecule has 4 heteroatoms. The lowest BCUT2D eigenvalue weighted by Gasteiger charge is -1.98. The fourth-order valence-corrected chi connectivity index (χ4v) is 1.80. The number of aromatic amines is 1. The van der Waals surface area contributed by atoms with Gasteiger partial charge in [-0.3, -0.25) is 10.1 Å². The van der Waals surface area contributed by atoms with Crippen molar-refractivity contribution in [1.29, 1.82) is 0 Å². The Labute approximate surface area is 98.7 Å². The number of nitrogens with one attached hydrogen (secondary N) is 1. The third-order valence-electron chi connectivity index (χ3n) is 2.73. The van der Waals surface area contributed by atoms with Gasteiger partial charge in [-0.25, -0.2) is 4.98 Å². The molecule has 0 aliphatic heterocycles. The Bertz CT molecular complexity index is 657. The number of rotatable bonds is 2. The number of hydrogen-bond donors (Lipinski definition) is 1. The lowest BCUT2D eigenvalue weighted by atomic mass is 10.1. The highest BCUT2D eigenvalue weighted by Crippen LogP contribution is 2.20. The summed E-state index contributed by atoms with van der Waals surface area (Å²) in [5.41, 5.74) is 2.00. The number of fused-ring (bicyclic) bond motifs is 1. The van der Waals surface area contributed by atoms with Crippen LogP contribution in [0.1, 0.15) is 12.7 Å². The summed E-state index contributed by atoms with van der Waals surface area (Å²) >= 11 is 0. The zero-order valence-electron chi connectivity index (χ0n) is 9.51. The first kappa shape index (κ1) is 9.96. The molecule has 17 heavy (non-hydrogen) atoms. The number of aromatic nitrogens is 4. The van der Waals surface area contributed by atoms with Crippen molar-refractivity contribution in [2.75, 3.05) is 0 Å². The van der Waals surface area contributed by atoms with Gasteiger partial charge in [0.15, 0.2) is 5.82 Å². The van der Waals surface area contributed by atoms with E-state index in [2.05, 4.69) is 33.2 Å². The van der Waals surface area contributed by atoms with Crippen LogP contribution in [0.2, 0.25) is 0 Å². The van der Waals surface area contributed by atoms with Crippen LogP contribution in [0.15, 0.2) is 36.5 Å². The summed E-state index contributed by atoms with van der Waals surface area (Å²) in [6.45, 7) is 2.05. The average molecular weight is 224 g/mol. The molecule has 0 spiro atoms. The first-order chi connectivity index (χ1) is 8.36. The Morgan fingerprint density at radius 3 is 3.00 bits per heavy atom. The maximum Gasteiger partial charge on any atom is 0.181 e. The maximum atomic E-state index is 4.42. The highest BCUT2D eigenvalue weighted by Gasteiger charge is 2.05. The molecule has 0 aliphatic rings. The minimum Gasteiger partial charge on any atom is -0.263 e. The average Bonchev–Trinajstić information content (AvgIpc) is 2.87. The molecule has 0 saturated carbocycles. The summed E-state index contributed by atoms with van der Waals surface area (Å²) in [5.74, 6) is 1.65. The van der Waals surface area contributed by atoms with E-state index in [0.29, 0.717) is 0 Å². The van der Waals surface area contributed by atoms with Gasteiger partial charge in [-0.05, 0) is 24.3 Å². The van der Waals surface area contributed by atoms with Gasteiger partial charge in [-0.15, -0.1) is 0 Å².